The molecule has 0 heterocycles. The van der Waals surface area contributed by atoms with Gasteiger partial charge in [0.2, 0.25) is 0 Å². The highest BCUT2D eigenvalue weighted by atomic mass is 35.5. The monoisotopic (exact) mass is 307 g/mol. The molecule has 0 aliphatic carbocycles. The normalized spacial score (nSPS) is 10.7. The molecule has 0 unspecified atom stereocenters. The van der Waals surface area contributed by atoms with Gasteiger partial charge in [0, 0.05) is 22.9 Å². The number of halogens is 2. The van der Waals surface area contributed by atoms with Gasteiger partial charge in [-0.1, -0.05) is 30.1 Å². The van der Waals surface area contributed by atoms with Gasteiger partial charge in [0.1, 0.15) is 5.75 Å². The maximum atomic E-state index is 6.18. The average Bonchev–Trinajstić information content (AvgIpc) is 2.32. The zero-order chi connectivity index (χ0) is 13.4. The van der Waals surface area contributed by atoms with Crippen molar-refractivity contribution in [1.82, 2.24) is 5.32 Å². The first kappa shape index (κ1) is 16.0. The lowest BCUT2D eigenvalue weighted by atomic mass is 10.2. The molecule has 5 heteroatoms. The van der Waals surface area contributed by atoms with E-state index in [1.54, 1.807) is 17.8 Å². The molecule has 2 nitrogen and oxygen atoms in total. The number of nitrogens with one attached hydrogen (secondary N) is 1. The van der Waals surface area contributed by atoms with Crippen molar-refractivity contribution >= 4 is 35.0 Å². The SMILES string of the molecule is CCCNCc1cc(Cl)cc(Cl)c1OCCSC. The summed E-state index contributed by atoms with van der Waals surface area (Å²) in [5, 5.41) is 4.56. The van der Waals surface area contributed by atoms with E-state index in [1.807, 2.05) is 6.07 Å². The lowest BCUT2D eigenvalue weighted by Crippen LogP contribution is -2.15. The molecule has 0 aliphatic rings. The summed E-state index contributed by atoms with van der Waals surface area (Å²) in [6, 6.07) is 3.63. The molecule has 0 atom stereocenters. The highest BCUT2D eigenvalue weighted by Crippen LogP contribution is 2.32. The molecule has 18 heavy (non-hydrogen) atoms. The van der Waals surface area contributed by atoms with E-state index >= 15 is 0 Å². The van der Waals surface area contributed by atoms with Crippen molar-refractivity contribution in [2.45, 2.75) is 19.9 Å². The van der Waals surface area contributed by atoms with Gasteiger partial charge >= 0.3 is 0 Å². The Morgan fingerprint density at radius 3 is 2.78 bits per heavy atom. The van der Waals surface area contributed by atoms with E-state index in [-0.39, 0.29) is 0 Å². The summed E-state index contributed by atoms with van der Waals surface area (Å²) in [6.45, 7) is 4.48. The zero-order valence-electron chi connectivity index (χ0n) is 10.8. The van der Waals surface area contributed by atoms with Crippen molar-refractivity contribution in [2.75, 3.05) is 25.2 Å². The fourth-order valence-corrected chi connectivity index (χ4v) is 2.37. The molecule has 0 spiro atoms. The lowest BCUT2D eigenvalue weighted by Gasteiger charge is -2.14. The second-order valence-electron chi connectivity index (χ2n) is 3.89. The second-order valence-corrected chi connectivity index (χ2v) is 5.72. The minimum atomic E-state index is 0.580. The van der Waals surface area contributed by atoms with Crippen LogP contribution in [0.5, 0.6) is 5.75 Å². The highest BCUT2D eigenvalue weighted by molar-refractivity contribution is 7.98. The van der Waals surface area contributed by atoms with Gasteiger partial charge < -0.3 is 10.1 Å². The molecule has 0 saturated carbocycles. The number of rotatable bonds is 8. The summed E-state index contributed by atoms with van der Waals surface area (Å²) >= 11 is 14.0. The molecular formula is C13H19Cl2NOS. The van der Waals surface area contributed by atoms with Crippen molar-refractivity contribution in [3.05, 3.63) is 27.7 Å². The molecule has 0 bridgehead atoms. The highest BCUT2D eigenvalue weighted by Gasteiger charge is 2.10. The summed E-state index contributed by atoms with van der Waals surface area (Å²) in [7, 11) is 0. The summed E-state index contributed by atoms with van der Waals surface area (Å²) in [4.78, 5) is 0. The molecular weight excluding hydrogens is 289 g/mol. The molecule has 0 fully saturated rings. The summed E-state index contributed by atoms with van der Waals surface area (Å²) in [5.41, 5.74) is 1.02. The van der Waals surface area contributed by atoms with E-state index in [9.17, 15) is 0 Å². The Hall–Kier alpha value is -0.0900. The molecule has 0 aromatic heterocycles. The maximum Gasteiger partial charge on any atom is 0.142 e. The Bertz CT molecular complexity index is 374. The van der Waals surface area contributed by atoms with Crippen LogP contribution in [-0.2, 0) is 6.54 Å². The van der Waals surface area contributed by atoms with Gasteiger partial charge in [0.05, 0.1) is 11.6 Å². The Labute approximate surface area is 123 Å². The molecule has 0 radical (unpaired) electrons. The van der Waals surface area contributed by atoms with Crippen LogP contribution < -0.4 is 10.1 Å². The van der Waals surface area contributed by atoms with Crippen molar-refractivity contribution in [3.63, 3.8) is 0 Å². The van der Waals surface area contributed by atoms with E-state index in [2.05, 4.69) is 18.5 Å². The average molecular weight is 308 g/mol. The standard InChI is InChI=1S/C13H19Cl2NOS/c1-3-4-16-9-10-7-11(14)8-12(15)13(10)17-5-6-18-2/h7-8,16H,3-6,9H2,1-2H3. The van der Waals surface area contributed by atoms with Gasteiger partial charge in [-0.3, -0.25) is 0 Å². The van der Waals surface area contributed by atoms with Crippen molar-refractivity contribution in [1.29, 1.82) is 0 Å². The molecule has 0 saturated heterocycles. The van der Waals surface area contributed by atoms with Crippen molar-refractivity contribution in [2.24, 2.45) is 0 Å². The van der Waals surface area contributed by atoms with E-state index in [0.717, 1.165) is 36.6 Å². The maximum absolute atomic E-state index is 6.18. The second kappa shape index (κ2) is 8.92. The fourth-order valence-electron chi connectivity index (χ4n) is 1.53. The van der Waals surface area contributed by atoms with Crippen molar-refractivity contribution < 1.29 is 4.74 Å². The first-order valence-corrected chi connectivity index (χ1v) is 8.14. The molecule has 0 aliphatic heterocycles. The fraction of sp³-hybridized carbons (Fsp3) is 0.538. The molecule has 102 valence electrons. The van der Waals surface area contributed by atoms with Crippen LogP contribution in [0.25, 0.3) is 0 Å². The first-order valence-electron chi connectivity index (χ1n) is 5.99. The number of hydrogen-bond donors (Lipinski definition) is 1. The number of thioether (sulfide) groups is 1. The van der Waals surface area contributed by atoms with Crippen LogP contribution in [0.3, 0.4) is 0 Å². The van der Waals surface area contributed by atoms with Crippen LogP contribution >= 0.6 is 35.0 Å². The van der Waals surface area contributed by atoms with Crippen LogP contribution in [0.1, 0.15) is 18.9 Å². The lowest BCUT2D eigenvalue weighted by molar-refractivity contribution is 0.339. The van der Waals surface area contributed by atoms with Gasteiger partial charge in [-0.05, 0) is 31.4 Å². The number of benzene rings is 1. The predicted molar refractivity (Wildman–Crippen MR) is 82.3 cm³/mol. The largest absolute Gasteiger partial charge is 0.491 e. The molecule has 1 aromatic rings. The summed E-state index contributed by atoms with van der Waals surface area (Å²) in [5.74, 6) is 1.69. The first-order chi connectivity index (χ1) is 8.69. The Morgan fingerprint density at radius 1 is 1.33 bits per heavy atom. The summed E-state index contributed by atoms with van der Waals surface area (Å²) < 4.78 is 5.74. The molecule has 0 amide bonds. The van der Waals surface area contributed by atoms with Crippen LogP contribution in [0.15, 0.2) is 12.1 Å². The Kier molecular flexibility index (Phi) is 7.91. The van der Waals surface area contributed by atoms with E-state index in [4.69, 9.17) is 27.9 Å². The zero-order valence-corrected chi connectivity index (χ0v) is 13.1. The molecule has 1 rings (SSSR count). The predicted octanol–water partition coefficient (Wildman–Crippen LogP) is 4.23. The van der Waals surface area contributed by atoms with E-state index in [0.29, 0.717) is 16.7 Å². The number of ether oxygens (including phenoxy) is 1. The third kappa shape index (κ3) is 5.27. The van der Waals surface area contributed by atoms with Crippen LogP contribution in [-0.4, -0.2) is 25.2 Å². The smallest absolute Gasteiger partial charge is 0.142 e. The van der Waals surface area contributed by atoms with Gasteiger partial charge in [0.25, 0.3) is 0 Å². The van der Waals surface area contributed by atoms with Gasteiger partial charge in [-0.2, -0.15) is 11.8 Å². The van der Waals surface area contributed by atoms with E-state index in [1.165, 1.54) is 0 Å². The summed E-state index contributed by atoms with van der Waals surface area (Å²) in [6.07, 6.45) is 3.15. The number of hydrogen-bond acceptors (Lipinski definition) is 3. The van der Waals surface area contributed by atoms with Crippen LogP contribution in [0.4, 0.5) is 0 Å². The van der Waals surface area contributed by atoms with Crippen molar-refractivity contribution in [3.8, 4) is 5.75 Å². The van der Waals surface area contributed by atoms with E-state index < -0.39 is 0 Å². The van der Waals surface area contributed by atoms with Crippen LogP contribution in [0.2, 0.25) is 10.0 Å². The minimum Gasteiger partial charge on any atom is -0.491 e. The van der Waals surface area contributed by atoms with Gasteiger partial charge in [-0.15, -0.1) is 0 Å². The van der Waals surface area contributed by atoms with Gasteiger partial charge in [0.15, 0.2) is 0 Å². The Morgan fingerprint density at radius 2 is 2.11 bits per heavy atom. The minimum absolute atomic E-state index is 0.580. The topological polar surface area (TPSA) is 21.3 Å². The third-order valence-corrected chi connectivity index (χ3v) is 3.44. The Balaban J connectivity index is 2.76. The molecule has 1 N–H and O–H groups in total. The van der Waals surface area contributed by atoms with Gasteiger partial charge in [-0.25, -0.2) is 0 Å². The molecule has 1 aromatic carbocycles. The quantitative estimate of drug-likeness (QED) is 0.726. The van der Waals surface area contributed by atoms with Crippen LogP contribution in [0, 0.1) is 0 Å². The third-order valence-electron chi connectivity index (χ3n) is 2.36.